The van der Waals surface area contributed by atoms with Gasteiger partial charge in [0, 0.05) is 19.1 Å². The molecular weight excluding hydrogens is 596 g/mol. The van der Waals surface area contributed by atoms with Crippen LogP contribution in [0.3, 0.4) is 0 Å². The molecule has 0 aromatic heterocycles. The lowest BCUT2D eigenvalue weighted by atomic mass is 9.88. The van der Waals surface area contributed by atoms with Crippen LogP contribution in [0.2, 0.25) is 0 Å². The highest BCUT2D eigenvalue weighted by molar-refractivity contribution is 7.90. The number of benzene rings is 2. The Morgan fingerprint density at radius 3 is 1.56 bits per heavy atom. The van der Waals surface area contributed by atoms with Crippen LogP contribution in [0.1, 0.15) is 11.1 Å². The lowest BCUT2D eigenvalue weighted by molar-refractivity contribution is -0.147. The van der Waals surface area contributed by atoms with E-state index in [0.717, 1.165) is 6.26 Å². The molecule has 5 rings (SSSR count). The van der Waals surface area contributed by atoms with Gasteiger partial charge in [0.25, 0.3) is 23.6 Å². The SMILES string of the molecule is CS(=O)(=O)c1ccc(CC2(NO)C(=O)NC(=O)NC2=O)cc1.O=C1NC(=O)C(Cc2ccc3c(c2)OCO3)(NO)C(=O)N1. The highest BCUT2D eigenvalue weighted by Gasteiger charge is 2.51. The normalized spacial score (nSPS) is 18.5. The number of amides is 8. The van der Waals surface area contributed by atoms with Crippen LogP contribution in [0, 0.1) is 0 Å². The predicted molar refractivity (Wildman–Crippen MR) is 138 cm³/mol. The first-order valence-corrected chi connectivity index (χ1v) is 14.0. The monoisotopic (exact) mass is 620 g/mol. The predicted octanol–water partition coefficient (Wildman–Crippen LogP) is -2.24. The zero-order valence-corrected chi connectivity index (χ0v) is 22.9. The van der Waals surface area contributed by atoms with Crippen LogP contribution in [-0.4, -0.2) is 78.6 Å². The summed E-state index contributed by atoms with van der Waals surface area (Å²) >= 11 is 0. The summed E-state index contributed by atoms with van der Waals surface area (Å²) in [5, 5.41) is 26.1. The van der Waals surface area contributed by atoms with E-state index < -0.39 is 56.6 Å². The van der Waals surface area contributed by atoms with Gasteiger partial charge in [-0.3, -0.25) is 40.4 Å². The van der Waals surface area contributed by atoms with E-state index in [-0.39, 0.29) is 24.5 Å². The summed E-state index contributed by atoms with van der Waals surface area (Å²) in [7, 11) is -3.37. The number of nitrogens with one attached hydrogen (secondary N) is 6. The lowest BCUT2D eigenvalue weighted by Gasteiger charge is -2.32. The Kier molecular flexibility index (Phi) is 8.46. The van der Waals surface area contributed by atoms with Crippen molar-refractivity contribution in [3.05, 3.63) is 53.6 Å². The summed E-state index contributed by atoms with van der Waals surface area (Å²) in [6.45, 7) is 0.0949. The molecule has 0 unspecified atom stereocenters. The average Bonchev–Trinajstić information content (AvgIpc) is 3.41. The first kappa shape index (κ1) is 31.0. The van der Waals surface area contributed by atoms with Gasteiger partial charge in [-0.15, -0.1) is 0 Å². The summed E-state index contributed by atoms with van der Waals surface area (Å²) in [4.78, 5) is 69.9. The Morgan fingerprint density at radius 2 is 1.12 bits per heavy atom. The molecule has 8 N–H and O–H groups in total. The number of imide groups is 4. The maximum absolute atomic E-state index is 11.9. The van der Waals surface area contributed by atoms with Crippen molar-refractivity contribution in [2.75, 3.05) is 13.0 Å². The molecule has 3 aliphatic rings. The summed E-state index contributed by atoms with van der Waals surface area (Å²) in [5.41, 5.74) is 0.241. The molecule has 18 nitrogen and oxygen atoms in total. The van der Waals surface area contributed by atoms with Gasteiger partial charge < -0.3 is 19.9 Å². The minimum Gasteiger partial charge on any atom is -0.454 e. The molecule has 43 heavy (non-hydrogen) atoms. The molecule has 0 spiro atoms. The molecule has 0 radical (unpaired) electrons. The van der Waals surface area contributed by atoms with Crippen molar-refractivity contribution >= 4 is 45.5 Å². The van der Waals surface area contributed by atoms with Crippen LogP contribution >= 0.6 is 0 Å². The maximum atomic E-state index is 11.9. The van der Waals surface area contributed by atoms with Crippen molar-refractivity contribution in [1.82, 2.24) is 32.2 Å². The minimum atomic E-state index is -3.37. The summed E-state index contributed by atoms with van der Waals surface area (Å²) in [6.07, 6.45) is 0.593. The van der Waals surface area contributed by atoms with Crippen molar-refractivity contribution in [3.63, 3.8) is 0 Å². The van der Waals surface area contributed by atoms with Crippen molar-refractivity contribution in [1.29, 1.82) is 0 Å². The second-order valence-electron chi connectivity index (χ2n) is 9.47. The lowest BCUT2D eigenvalue weighted by Crippen LogP contribution is -2.72. The van der Waals surface area contributed by atoms with Gasteiger partial charge in [0.1, 0.15) is 0 Å². The zero-order chi connectivity index (χ0) is 31.6. The van der Waals surface area contributed by atoms with Crippen LogP contribution < -0.4 is 41.7 Å². The minimum absolute atomic E-state index is 0.0787. The Labute approximate surface area is 241 Å². The van der Waals surface area contributed by atoms with Gasteiger partial charge in [0.15, 0.2) is 21.3 Å². The van der Waals surface area contributed by atoms with Crippen molar-refractivity contribution in [3.8, 4) is 11.5 Å². The van der Waals surface area contributed by atoms with Gasteiger partial charge in [0.05, 0.1) is 4.90 Å². The topological polar surface area (TPSA) is 268 Å². The maximum Gasteiger partial charge on any atom is 0.328 e. The Hall–Kier alpha value is -4.95. The largest absolute Gasteiger partial charge is 0.454 e. The van der Waals surface area contributed by atoms with E-state index in [0.29, 0.717) is 22.6 Å². The fraction of sp³-hybridized carbons (Fsp3) is 0.250. The van der Waals surface area contributed by atoms with Gasteiger partial charge in [-0.2, -0.15) is 11.0 Å². The molecule has 0 saturated carbocycles. The number of hydrogen-bond donors (Lipinski definition) is 8. The van der Waals surface area contributed by atoms with Gasteiger partial charge in [-0.05, 0) is 35.4 Å². The average molecular weight is 621 g/mol. The number of hydroxylamine groups is 2. The molecule has 0 atom stereocenters. The van der Waals surface area contributed by atoms with Gasteiger partial charge in [-0.25, -0.2) is 18.0 Å². The molecule has 3 aliphatic heterocycles. The number of fused-ring (bicyclic) bond motifs is 1. The number of carbonyl (C=O) groups is 6. The highest BCUT2D eigenvalue weighted by Crippen LogP contribution is 2.33. The molecule has 2 aromatic rings. The molecule has 8 amide bonds. The van der Waals surface area contributed by atoms with Gasteiger partial charge >= 0.3 is 12.1 Å². The van der Waals surface area contributed by atoms with Crippen LogP contribution in [-0.2, 0) is 41.9 Å². The van der Waals surface area contributed by atoms with Crippen molar-refractivity contribution in [2.45, 2.75) is 28.8 Å². The Bertz CT molecular complexity index is 1590. The first-order valence-electron chi connectivity index (χ1n) is 12.1. The number of hydrogen-bond acceptors (Lipinski definition) is 14. The van der Waals surface area contributed by atoms with Gasteiger partial charge in [0.2, 0.25) is 17.9 Å². The van der Waals surface area contributed by atoms with E-state index >= 15 is 0 Å². The molecule has 3 heterocycles. The zero-order valence-electron chi connectivity index (χ0n) is 22.0. The van der Waals surface area contributed by atoms with E-state index in [1.54, 1.807) is 29.2 Å². The number of urea groups is 2. The number of ether oxygens (including phenoxy) is 2. The van der Waals surface area contributed by atoms with E-state index in [4.69, 9.17) is 9.47 Å². The number of barbiturate groups is 2. The van der Waals surface area contributed by atoms with E-state index in [1.165, 1.54) is 24.3 Å². The van der Waals surface area contributed by atoms with E-state index in [1.807, 2.05) is 21.3 Å². The number of carbonyl (C=O) groups excluding carboxylic acids is 6. The van der Waals surface area contributed by atoms with Crippen LogP contribution in [0.4, 0.5) is 9.59 Å². The molecule has 228 valence electrons. The van der Waals surface area contributed by atoms with Crippen molar-refractivity contribution in [2.24, 2.45) is 0 Å². The van der Waals surface area contributed by atoms with Gasteiger partial charge in [-0.1, -0.05) is 18.2 Å². The fourth-order valence-corrected chi connectivity index (χ4v) is 4.86. The summed E-state index contributed by atoms with van der Waals surface area (Å²) in [5.74, 6) is -2.84. The second kappa shape index (κ2) is 11.7. The van der Waals surface area contributed by atoms with E-state index in [9.17, 15) is 47.6 Å². The quantitative estimate of drug-likeness (QED) is 0.120. The molecule has 2 fully saturated rings. The Balaban J connectivity index is 0.000000197. The standard InChI is InChI=1S/C12H13N3O6S.C12H11N3O6/c1-22(20,21)8-4-2-7(3-5-8)6-12(15-19)9(16)13-11(18)14-10(12)17;16-9-12(15-19,10(17)14-11(18)13-9)4-6-1-2-7-8(3-6)21-5-20-7/h2-5,15,19H,6H2,1H3,(H2,13,14,16,17,18);1-3,15,19H,4-5H2,(H2,13,14,16,17,18). The fourth-order valence-electron chi connectivity index (χ4n) is 4.23. The first-order chi connectivity index (χ1) is 20.2. The van der Waals surface area contributed by atoms with Crippen molar-refractivity contribution < 1.29 is 57.1 Å². The smallest absolute Gasteiger partial charge is 0.328 e. The molecule has 2 saturated heterocycles. The third-order valence-corrected chi connectivity index (χ3v) is 7.70. The molecular formula is C24H24N6O12S. The third-order valence-electron chi connectivity index (χ3n) is 6.57. The Morgan fingerprint density at radius 1 is 0.698 bits per heavy atom. The molecule has 2 aromatic carbocycles. The van der Waals surface area contributed by atoms with Crippen LogP contribution in [0.5, 0.6) is 11.5 Å². The van der Waals surface area contributed by atoms with Crippen LogP contribution in [0.15, 0.2) is 47.4 Å². The summed E-state index contributed by atoms with van der Waals surface area (Å²) in [6, 6.07) is 8.40. The number of sulfone groups is 1. The van der Waals surface area contributed by atoms with E-state index in [2.05, 4.69) is 0 Å². The summed E-state index contributed by atoms with van der Waals surface area (Å²) < 4.78 is 33.1. The molecule has 19 heteroatoms. The molecule has 0 aliphatic carbocycles. The molecule has 0 bridgehead atoms. The van der Waals surface area contributed by atoms with Crippen LogP contribution in [0.25, 0.3) is 0 Å². The third kappa shape index (κ3) is 6.15. The highest BCUT2D eigenvalue weighted by atomic mass is 32.2. The number of rotatable bonds is 7. The second-order valence-corrected chi connectivity index (χ2v) is 11.5.